The molecule has 0 bridgehead atoms. The number of ether oxygens (including phenoxy) is 1. The molecule has 0 aliphatic rings. The van der Waals surface area contributed by atoms with Crippen LogP contribution in [0.4, 0.5) is 5.69 Å². The van der Waals surface area contributed by atoms with Crippen molar-refractivity contribution in [3.8, 4) is 0 Å². The third kappa shape index (κ3) is 5.51. The molecule has 0 fully saturated rings. The Labute approximate surface area is 170 Å². The normalized spacial score (nSPS) is 11.2. The molecule has 0 radical (unpaired) electrons. The fourth-order valence-electron chi connectivity index (χ4n) is 2.78. The SMILES string of the molecule is COCc1ccccc1NC(=O)c1cccc(S(=O)(=O)NCc2ccccc2)c1. The lowest BCUT2D eigenvalue weighted by Crippen LogP contribution is -2.23. The van der Waals surface area contributed by atoms with E-state index in [1.165, 1.54) is 12.1 Å². The highest BCUT2D eigenvalue weighted by atomic mass is 32.2. The van der Waals surface area contributed by atoms with Crippen molar-refractivity contribution < 1.29 is 17.9 Å². The summed E-state index contributed by atoms with van der Waals surface area (Å²) in [5.41, 5.74) is 2.55. The molecule has 0 heterocycles. The van der Waals surface area contributed by atoms with Crippen LogP contribution >= 0.6 is 0 Å². The fraction of sp³-hybridized carbons (Fsp3) is 0.136. The minimum Gasteiger partial charge on any atom is -0.380 e. The van der Waals surface area contributed by atoms with Crippen LogP contribution in [0, 0.1) is 0 Å². The molecule has 0 aliphatic carbocycles. The van der Waals surface area contributed by atoms with Crippen molar-refractivity contribution in [2.45, 2.75) is 18.0 Å². The third-order valence-electron chi connectivity index (χ3n) is 4.28. The zero-order valence-corrected chi connectivity index (χ0v) is 16.8. The van der Waals surface area contributed by atoms with E-state index in [-0.39, 0.29) is 17.0 Å². The molecule has 150 valence electrons. The second kappa shape index (κ2) is 9.47. The number of benzene rings is 3. The number of para-hydroxylation sites is 1. The van der Waals surface area contributed by atoms with Crippen LogP contribution in [0.5, 0.6) is 0 Å². The first-order valence-corrected chi connectivity index (χ1v) is 10.5. The Kier molecular flexibility index (Phi) is 6.77. The van der Waals surface area contributed by atoms with Crippen LogP contribution in [0.3, 0.4) is 0 Å². The highest BCUT2D eigenvalue weighted by Crippen LogP contribution is 2.18. The number of anilines is 1. The predicted octanol–water partition coefficient (Wildman–Crippen LogP) is 3.56. The summed E-state index contributed by atoms with van der Waals surface area (Å²) in [7, 11) is -2.18. The molecular formula is C22H22N2O4S. The van der Waals surface area contributed by atoms with Crippen LogP contribution in [-0.2, 0) is 27.9 Å². The molecule has 3 rings (SSSR count). The number of carbonyl (C=O) groups is 1. The molecule has 2 N–H and O–H groups in total. The number of rotatable bonds is 8. The number of hydrogen-bond acceptors (Lipinski definition) is 4. The third-order valence-corrected chi connectivity index (χ3v) is 5.68. The summed E-state index contributed by atoms with van der Waals surface area (Å²) < 4.78 is 32.9. The maximum absolute atomic E-state index is 12.7. The van der Waals surface area contributed by atoms with Gasteiger partial charge < -0.3 is 10.1 Å². The largest absolute Gasteiger partial charge is 0.380 e. The van der Waals surface area contributed by atoms with Gasteiger partial charge in [-0.2, -0.15) is 0 Å². The van der Waals surface area contributed by atoms with Gasteiger partial charge in [-0.15, -0.1) is 0 Å². The molecule has 0 saturated heterocycles. The second-order valence-corrected chi connectivity index (χ2v) is 8.15. The number of methoxy groups -OCH3 is 1. The molecular weight excluding hydrogens is 388 g/mol. The second-order valence-electron chi connectivity index (χ2n) is 6.38. The molecule has 0 aliphatic heterocycles. The molecule has 6 nitrogen and oxygen atoms in total. The average molecular weight is 410 g/mol. The van der Waals surface area contributed by atoms with E-state index in [1.807, 2.05) is 48.5 Å². The van der Waals surface area contributed by atoms with E-state index in [1.54, 1.807) is 25.3 Å². The number of sulfonamides is 1. The molecule has 3 aromatic rings. The number of amides is 1. The Morgan fingerprint density at radius 1 is 0.931 bits per heavy atom. The van der Waals surface area contributed by atoms with E-state index in [0.717, 1.165) is 11.1 Å². The van der Waals surface area contributed by atoms with E-state index in [2.05, 4.69) is 10.0 Å². The summed E-state index contributed by atoms with van der Waals surface area (Å²) in [4.78, 5) is 12.7. The van der Waals surface area contributed by atoms with Crippen LogP contribution < -0.4 is 10.0 Å². The van der Waals surface area contributed by atoms with Crippen LogP contribution in [0.15, 0.2) is 83.8 Å². The Bertz CT molecular complexity index is 1080. The molecule has 1 amide bonds. The van der Waals surface area contributed by atoms with Crippen molar-refractivity contribution >= 4 is 21.6 Å². The summed E-state index contributed by atoms with van der Waals surface area (Å²) >= 11 is 0. The Morgan fingerprint density at radius 2 is 1.66 bits per heavy atom. The minimum absolute atomic E-state index is 0.0336. The standard InChI is InChI=1S/C22H22N2O4S/c1-28-16-19-10-5-6-13-21(19)24-22(25)18-11-7-12-20(14-18)29(26,27)23-15-17-8-3-2-4-9-17/h2-14,23H,15-16H2,1H3,(H,24,25). The molecule has 29 heavy (non-hydrogen) atoms. The van der Waals surface area contributed by atoms with E-state index < -0.39 is 15.9 Å². The van der Waals surface area contributed by atoms with Crippen molar-refractivity contribution in [1.82, 2.24) is 4.72 Å². The van der Waals surface area contributed by atoms with Crippen LogP contribution in [-0.4, -0.2) is 21.4 Å². The topological polar surface area (TPSA) is 84.5 Å². The van der Waals surface area contributed by atoms with Crippen LogP contribution in [0.2, 0.25) is 0 Å². The highest BCUT2D eigenvalue weighted by molar-refractivity contribution is 7.89. The first-order valence-electron chi connectivity index (χ1n) is 9.01. The molecule has 0 aromatic heterocycles. The van der Waals surface area contributed by atoms with Gasteiger partial charge in [0.2, 0.25) is 10.0 Å². The van der Waals surface area contributed by atoms with Crippen LogP contribution in [0.25, 0.3) is 0 Å². The van der Waals surface area contributed by atoms with E-state index in [9.17, 15) is 13.2 Å². The maximum atomic E-state index is 12.7. The van der Waals surface area contributed by atoms with Crippen molar-refractivity contribution in [2.24, 2.45) is 0 Å². The van der Waals surface area contributed by atoms with Gasteiger partial charge in [0.05, 0.1) is 11.5 Å². The number of hydrogen-bond donors (Lipinski definition) is 2. The molecule has 0 spiro atoms. The average Bonchev–Trinajstić information content (AvgIpc) is 2.75. The van der Waals surface area contributed by atoms with Gasteiger partial charge in [0.1, 0.15) is 0 Å². The first kappa shape index (κ1) is 20.7. The summed E-state index contributed by atoms with van der Waals surface area (Å²) in [6.07, 6.45) is 0. The molecule has 0 saturated carbocycles. The van der Waals surface area contributed by atoms with Crippen molar-refractivity contribution in [2.75, 3.05) is 12.4 Å². The molecule has 3 aromatic carbocycles. The van der Waals surface area contributed by atoms with Crippen LogP contribution in [0.1, 0.15) is 21.5 Å². The van der Waals surface area contributed by atoms with Gasteiger partial charge in [-0.05, 0) is 29.8 Å². The van der Waals surface area contributed by atoms with Gasteiger partial charge in [-0.1, -0.05) is 54.6 Å². The fourth-order valence-corrected chi connectivity index (χ4v) is 3.84. The highest BCUT2D eigenvalue weighted by Gasteiger charge is 2.17. The zero-order valence-electron chi connectivity index (χ0n) is 16.0. The van der Waals surface area contributed by atoms with E-state index >= 15 is 0 Å². The van der Waals surface area contributed by atoms with Gasteiger partial charge in [0, 0.05) is 30.5 Å². The van der Waals surface area contributed by atoms with Gasteiger partial charge in [0.25, 0.3) is 5.91 Å². The van der Waals surface area contributed by atoms with Gasteiger partial charge in [-0.25, -0.2) is 13.1 Å². The summed E-state index contributed by atoms with van der Waals surface area (Å²) in [6.45, 7) is 0.526. The zero-order chi connectivity index (χ0) is 20.7. The van der Waals surface area contributed by atoms with Crippen molar-refractivity contribution in [1.29, 1.82) is 0 Å². The minimum atomic E-state index is -3.75. The number of nitrogens with one attached hydrogen (secondary N) is 2. The Balaban J connectivity index is 1.75. The van der Waals surface area contributed by atoms with E-state index in [4.69, 9.17) is 4.74 Å². The number of carbonyl (C=O) groups excluding carboxylic acids is 1. The summed E-state index contributed by atoms with van der Waals surface area (Å²) in [6, 6.07) is 22.5. The van der Waals surface area contributed by atoms with Crippen molar-refractivity contribution in [3.63, 3.8) is 0 Å². The summed E-state index contributed by atoms with van der Waals surface area (Å²) in [5, 5.41) is 2.81. The van der Waals surface area contributed by atoms with Gasteiger partial charge in [-0.3, -0.25) is 4.79 Å². The first-order chi connectivity index (χ1) is 14.0. The molecule has 0 atom stereocenters. The maximum Gasteiger partial charge on any atom is 0.255 e. The molecule has 0 unspecified atom stereocenters. The van der Waals surface area contributed by atoms with E-state index in [0.29, 0.717) is 12.3 Å². The lowest BCUT2D eigenvalue weighted by atomic mass is 10.1. The Hall–Kier alpha value is -3.00. The smallest absolute Gasteiger partial charge is 0.255 e. The quantitative estimate of drug-likeness (QED) is 0.595. The van der Waals surface area contributed by atoms with Gasteiger partial charge >= 0.3 is 0 Å². The predicted molar refractivity (Wildman–Crippen MR) is 112 cm³/mol. The van der Waals surface area contributed by atoms with Gasteiger partial charge in [0.15, 0.2) is 0 Å². The summed E-state index contributed by atoms with van der Waals surface area (Å²) in [5.74, 6) is -0.395. The Morgan fingerprint density at radius 3 is 2.41 bits per heavy atom. The lowest BCUT2D eigenvalue weighted by molar-refractivity contribution is 0.102. The van der Waals surface area contributed by atoms with Crippen molar-refractivity contribution in [3.05, 3.63) is 95.6 Å². The monoisotopic (exact) mass is 410 g/mol. The molecule has 7 heteroatoms. The lowest BCUT2D eigenvalue weighted by Gasteiger charge is -2.12.